The molecule has 3 aromatic heterocycles. The number of hydrogen-bond acceptors (Lipinski definition) is 6. The van der Waals surface area contributed by atoms with E-state index in [4.69, 9.17) is 4.52 Å². The fourth-order valence-electron chi connectivity index (χ4n) is 3.64. The minimum absolute atomic E-state index is 0.0299. The van der Waals surface area contributed by atoms with Crippen molar-refractivity contribution < 1.29 is 9.32 Å². The fraction of sp³-hybridized carbons (Fsp3) is 0.381. The van der Waals surface area contributed by atoms with Crippen LogP contribution in [-0.2, 0) is 6.42 Å². The van der Waals surface area contributed by atoms with Gasteiger partial charge in [0.15, 0.2) is 5.82 Å². The normalized spacial score (nSPS) is 16.9. The van der Waals surface area contributed by atoms with Gasteiger partial charge in [-0.2, -0.15) is 4.98 Å². The van der Waals surface area contributed by atoms with Crippen LogP contribution >= 0.6 is 0 Å². The summed E-state index contributed by atoms with van der Waals surface area (Å²) in [6, 6.07) is 7.48. The van der Waals surface area contributed by atoms with Crippen LogP contribution in [0, 0.1) is 12.8 Å². The number of aromatic nitrogens is 4. The number of amides is 1. The molecule has 28 heavy (non-hydrogen) atoms. The highest BCUT2D eigenvalue weighted by Crippen LogP contribution is 2.23. The van der Waals surface area contributed by atoms with Crippen molar-refractivity contribution >= 4 is 5.91 Å². The highest BCUT2D eigenvalue weighted by Gasteiger charge is 2.26. The van der Waals surface area contributed by atoms with Crippen LogP contribution in [0.5, 0.6) is 0 Å². The number of carbonyl (C=O) groups excluding carboxylic acids is 1. The lowest BCUT2D eigenvalue weighted by Gasteiger charge is -2.32. The maximum absolute atomic E-state index is 12.8. The van der Waals surface area contributed by atoms with E-state index in [1.54, 1.807) is 18.6 Å². The molecule has 1 fully saturated rings. The highest BCUT2D eigenvalue weighted by atomic mass is 16.5. The summed E-state index contributed by atoms with van der Waals surface area (Å²) in [5, 5.41) is 4.09. The number of carbonyl (C=O) groups is 1. The Kier molecular flexibility index (Phi) is 5.41. The van der Waals surface area contributed by atoms with Crippen molar-refractivity contribution in [2.75, 3.05) is 13.1 Å². The van der Waals surface area contributed by atoms with Crippen LogP contribution in [0.1, 0.15) is 41.1 Å². The van der Waals surface area contributed by atoms with Crippen molar-refractivity contribution in [2.45, 2.75) is 32.6 Å². The van der Waals surface area contributed by atoms with Gasteiger partial charge in [-0.1, -0.05) is 11.2 Å². The molecule has 7 nitrogen and oxygen atoms in total. The monoisotopic (exact) mass is 377 g/mol. The molecule has 1 unspecified atom stereocenters. The molecule has 1 atom stereocenters. The van der Waals surface area contributed by atoms with Crippen molar-refractivity contribution in [3.63, 3.8) is 0 Å². The van der Waals surface area contributed by atoms with Crippen molar-refractivity contribution in [2.24, 2.45) is 5.92 Å². The van der Waals surface area contributed by atoms with E-state index < -0.39 is 0 Å². The zero-order chi connectivity index (χ0) is 19.3. The van der Waals surface area contributed by atoms with Crippen LogP contribution in [0.15, 0.2) is 47.4 Å². The van der Waals surface area contributed by atoms with Gasteiger partial charge in [-0.3, -0.25) is 14.8 Å². The number of aryl methyl sites for hydroxylation is 2. The van der Waals surface area contributed by atoms with E-state index in [9.17, 15) is 4.79 Å². The first-order valence-electron chi connectivity index (χ1n) is 9.64. The average molecular weight is 377 g/mol. The summed E-state index contributed by atoms with van der Waals surface area (Å²) < 4.78 is 5.36. The first-order chi connectivity index (χ1) is 13.7. The molecule has 1 aliphatic rings. The Morgan fingerprint density at radius 1 is 1.25 bits per heavy atom. The summed E-state index contributed by atoms with van der Waals surface area (Å²) in [6.07, 6.45) is 8.88. The maximum Gasteiger partial charge on any atom is 0.272 e. The van der Waals surface area contributed by atoms with E-state index in [2.05, 4.69) is 20.1 Å². The first kappa shape index (κ1) is 18.3. The van der Waals surface area contributed by atoms with Gasteiger partial charge in [0.1, 0.15) is 5.69 Å². The SMILES string of the molecule is Cc1cccnc1C(=O)N1CCCC(CCc2noc(-c3ccncc3)n2)C1. The Hall–Kier alpha value is -3.09. The molecule has 1 aliphatic heterocycles. The third-order valence-corrected chi connectivity index (χ3v) is 5.19. The molecule has 0 aromatic carbocycles. The van der Waals surface area contributed by atoms with Gasteiger partial charge < -0.3 is 9.42 Å². The largest absolute Gasteiger partial charge is 0.337 e. The van der Waals surface area contributed by atoms with Gasteiger partial charge in [0, 0.05) is 43.7 Å². The molecular formula is C21H23N5O2. The number of pyridine rings is 2. The molecule has 4 heterocycles. The Balaban J connectivity index is 1.35. The van der Waals surface area contributed by atoms with Crippen LogP contribution in [0.2, 0.25) is 0 Å². The van der Waals surface area contributed by atoms with Crippen molar-refractivity contribution in [1.29, 1.82) is 0 Å². The molecule has 1 amide bonds. The van der Waals surface area contributed by atoms with Gasteiger partial charge in [0.25, 0.3) is 11.8 Å². The number of nitrogens with zero attached hydrogens (tertiary/aromatic N) is 5. The summed E-state index contributed by atoms with van der Waals surface area (Å²) in [6.45, 7) is 3.47. The van der Waals surface area contributed by atoms with Crippen LogP contribution in [0.25, 0.3) is 11.5 Å². The van der Waals surface area contributed by atoms with Crippen LogP contribution in [-0.4, -0.2) is 44.0 Å². The topological polar surface area (TPSA) is 85.0 Å². The van der Waals surface area contributed by atoms with Gasteiger partial charge in [0.2, 0.25) is 0 Å². The quantitative estimate of drug-likeness (QED) is 0.678. The molecule has 0 spiro atoms. The lowest BCUT2D eigenvalue weighted by molar-refractivity contribution is 0.0661. The average Bonchev–Trinajstić information content (AvgIpc) is 3.22. The molecule has 1 saturated heterocycles. The second-order valence-electron chi connectivity index (χ2n) is 7.22. The fourth-order valence-corrected chi connectivity index (χ4v) is 3.64. The highest BCUT2D eigenvalue weighted by molar-refractivity contribution is 5.93. The number of piperidine rings is 1. The summed E-state index contributed by atoms with van der Waals surface area (Å²) in [5.41, 5.74) is 2.35. The lowest BCUT2D eigenvalue weighted by Crippen LogP contribution is -2.40. The second-order valence-corrected chi connectivity index (χ2v) is 7.22. The third-order valence-electron chi connectivity index (χ3n) is 5.19. The second kappa shape index (κ2) is 8.29. The minimum Gasteiger partial charge on any atom is -0.337 e. The van der Waals surface area contributed by atoms with E-state index in [0.29, 0.717) is 23.3 Å². The molecule has 7 heteroatoms. The molecule has 0 aliphatic carbocycles. The predicted octanol–water partition coefficient (Wildman–Crippen LogP) is 3.32. The molecule has 4 rings (SSSR count). The van der Waals surface area contributed by atoms with Crippen LogP contribution < -0.4 is 0 Å². The molecule has 0 radical (unpaired) electrons. The molecule has 144 valence electrons. The van der Waals surface area contributed by atoms with E-state index in [-0.39, 0.29) is 5.91 Å². The van der Waals surface area contributed by atoms with Crippen molar-refractivity contribution in [3.8, 4) is 11.5 Å². The van der Waals surface area contributed by atoms with Gasteiger partial charge in [0.05, 0.1) is 0 Å². The first-order valence-corrected chi connectivity index (χ1v) is 9.64. The van der Waals surface area contributed by atoms with Crippen molar-refractivity contribution in [3.05, 3.63) is 59.9 Å². The van der Waals surface area contributed by atoms with Crippen molar-refractivity contribution in [1.82, 2.24) is 25.0 Å². The Labute approximate surface area is 163 Å². The molecule has 0 bridgehead atoms. The maximum atomic E-state index is 12.8. The summed E-state index contributed by atoms with van der Waals surface area (Å²) in [4.78, 5) is 27.5. The zero-order valence-electron chi connectivity index (χ0n) is 15.9. The molecule has 0 N–H and O–H groups in total. The van der Waals surface area contributed by atoms with Gasteiger partial charge in [-0.05, 0) is 55.9 Å². The lowest BCUT2D eigenvalue weighted by atomic mass is 9.93. The van der Waals surface area contributed by atoms with E-state index in [1.165, 1.54) is 0 Å². The Bertz CT molecular complexity index is 941. The standard InChI is InChI=1S/C21H23N5O2/c1-15-4-2-10-23-19(15)21(27)26-13-3-5-16(14-26)6-7-18-24-20(28-25-18)17-8-11-22-12-9-17/h2,4,8-12,16H,3,5-7,13-14H2,1H3. The van der Waals surface area contributed by atoms with E-state index in [1.807, 2.05) is 36.1 Å². The van der Waals surface area contributed by atoms with Crippen LogP contribution in [0.4, 0.5) is 0 Å². The Morgan fingerprint density at radius 2 is 2.11 bits per heavy atom. The molecular weight excluding hydrogens is 354 g/mol. The van der Waals surface area contributed by atoms with Gasteiger partial charge >= 0.3 is 0 Å². The third kappa shape index (κ3) is 4.08. The van der Waals surface area contributed by atoms with E-state index >= 15 is 0 Å². The minimum atomic E-state index is 0.0299. The smallest absolute Gasteiger partial charge is 0.272 e. The summed E-state index contributed by atoms with van der Waals surface area (Å²) in [5.74, 6) is 1.69. The van der Waals surface area contributed by atoms with Gasteiger partial charge in [-0.15, -0.1) is 0 Å². The zero-order valence-corrected chi connectivity index (χ0v) is 15.9. The summed E-state index contributed by atoms with van der Waals surface area (Å²) >= 11 is 0. The number of likely N-dealkylation sites (tertiary alicyclic amines) is 1. The van der Waals surface area contributed by atoms with Gasteiger partial charge in [-0.25, -0.2) is 0 Å². The molecule has 0 saturated carbocycles. The van der Waals surface area contributed by atoms with E-state index in [0.717, 1.165) is 49.9 Å². The predicted molar refractivity (Wildman–Crippen MR) is 103 cm³/mol. The summed E-state index contributed by atoms with van der Waals surface area (Å²) in [7, 11) is 0. The van der Waals surface area contributed by atoms with Crippen LogP contribution in [0.3, 0.4) is 0 Å². The Morgan fingerprint density at radius 3 is 2.93 bits per heavy atom. The number of hydrogen-bond donors (Lipinski definition) is 0. The molecule has 3 aromatic rings. The number of rotatable bonds is 5.